The van der Waals surface area contributed by atoms with Gasteiger partial charge >= 0.3 is 0 Å². The summed E-state index contributed by atoms with van der Waals surface area (Å²) in [7, 11) is 0. The van der Waals surface area contributed by atoms with Gasteiger partial charge in [-0.25, -0.2) is 0 Å². The maximum atomic E-state index is 15.0. The van der Waals surface area contributed by atoms with Crippen molar-refractivity contribution >= 4 is 11.0 Å². The van der Waals surface area contributed by atoms with Gasteiger partial charge < -0.3 is 78.1 Å². The topological polar surface area (TPSA) is 246 Å². The van der Waals surface area contributed by atoms with E-state index in [2.05, 4.69) is 0 Å². The zero-order chi connectivity index (χ0) is 50.1. The van der Waals surface area contributed by atoms with Crippen molar-refractivity contribution in [2.45, 2.75) is 88.2 Å². The van der Waals surface area contributed by atoms with Crippen molar-refractivity contribution in [2.75, 3.05) is 13.2 Å². The number of benzene rings is 6. The maximum Gasteiger partial charge on any atom is 0.239 e. The summed E-state index contributed by atoms with van der Waals surface area (Å²) in [5.41, 5.74) is 2.40. The highest BCUT2D eigenvalue weighted by molar-refractivity contribution is 5.88. The number of hydrogen-bond acceptors (Lipinski definition) is 17. The van der Waals surface area contributed by atoms with E-state index in [0.29, 0.717) is 0 Å². The summed E-state index contributed by atoms with van der Waals surface area (Å²) in [6.45, 7) is -1.07. The van der Waals surface area contributed by atoms with Crippen molar-refractivity contribution in [3.05, 3.63) is 178 Å². The summed E-state index contributed by atoms with van der Waals surface area (Å²) < 4.78 is 55.8. The summed E-state index contributed by atoms with van der Waals surface area (Å²) in [6, 6.07) is 43.4. The van der Waals surface area contributed by atoms with Gasteiger partial charge in [0.15, 0.2) is 23.5 Å². The third-order valence-corrected chi connectivity index (χ3v) is 12.2. The summed E-state index contributed by atoms with van der Waals surface area (Å²) in [5.74, 6) is -0.699. The van der Waals surface area contributed by atoms with Gasteiger partial charge in [-0.2, -0.15) is 0 Å². The molecule has 7 N–H and O–H groups in total. The normalized spacial score (nSPS) is 23.1. The first-order valence-electron chi connectivity index (χ1n) is 23.3. The van der Waals surface area contributed by atoms with Crippen LogP contribution in [-0.4, -0.2) is 104 Å². The van der Waals surface area contributed by atoms with Crippen LogP contribution < -0.4 is 29.1 Å². The highest BCUT2D eigenvalue weighted by Gasteiger charge is 2.50. The van der Waals surface area contributed by atoms with Gasteiger partial charge in [0.25, 0.3) is 0 Å². The third kappa shape index (κ3) is 11.5. The molecule has 3 heterocycles. The molecule has 1 aromatic heterocycles. The van der Waals surface area contributed by atoms with Crippen LogP contribution in [0.4, 0.5) is 0 Å². The van der Waals surface area contributed by atoms with Gasteiger partial charge in [-0.3, -0.25) is 4.79 Å². The van der Waals surface area contributed by atoms with Crippen molar-refractivity contribution in [3.8, 4) is 45.8 Å². The first kappa shape index (κ1) is 49.9. The predicted octanol–water partition coefficient (Wildman–Crippen LogP) is 5.51. The Morgan fingerprint density at radius 1 is 0.542 bits per heavy atom. The Bertz CT molecular complexity index is 2850. The van der Waals surface area contributed by atoms with E-state index < -0.39 is 85.4 Å². The molecule has 0 aliphatic carbocycles. The molecule has 72 heavy (non-hydrogen) atoms. The molecule has 0 radical (unpaired) electrons. The lowest BCUT2D eigenvalue weighted by molar-refractivity contribution is -0.340. The number of aromatic hydroxyl groups is 1. The molecule has 9 atom stereocenters. The molecule has 0 unspecified atom stereocenters. The second-order valence-corrected chi connectivity index (χ2v) is 17.3. The number of fused-ring (bicyclic) bond motifs is 1. The second kappa shape index (κ2) is 23.0. The standard InChI is InChI=1S/C55H54O17/c56-26-44-38(58)25-40(60)54(69-44)71-52-45(27-57)70-55(49(63)48(52)62)72-53-47(61)46-39(59)23-37(64-28-32-13-5-1-6-14-32)24-41(46)68-50(53)36-21-42(65-29-33-15-7-2-8-16-33)51(67-31-35-19-11-4-12-20-35)43(22-36)66-30-34-17-9-3-10-18-34/h1-24,38,40,44-45,48-49,52,54-60,62-63H,25-31H2/t38-,40-,44-,45-,48-,49-,52-,54+,55+/m1/s1. The second-order valence-electron chi connectivity index (χ2n) is 17.3. The number of aliphatic hydroxyl groups excluding tert-OH is 6. The van der Waals surface area contributed by atoms with Crippen LogP contribution in [0.3, 0.4) is 0 Å². The third-order valence-electron chi connectivity index (χ3n) is 12.2. The Balaban J connectivity index is 1.15. The molecule has 0 amide bonds. The van der Waals surface area contributed by atoms with E-state index in [-0.39, 0.29) is 78.1 Å². The van der Waals surface area contributed by atoms with Crippen LogP contribution >= 0.6 is 0 Å². The van der Waals surface area contributed by atoms with Crippen LogP contribution in [0.2, 0.25) is 0 Å². The number of ether oxygens (including phenoxy) is 8. The highest BCUT2D eigenvalue weighted by Crippen LogP contribution is 2.46. The van der Waals surface area contributed by atoms with Gasteiger partial charge in [-0.05, 0) is 34.4 Å². The molecule has 6 aromatic carbocycles. The Morgan fingerprint density at radius 3 is 1.57 bits per heavy atom. The van der Waals surface area contributed by atoms with Gasteiger partial charge in [0.1, 0.15) is 85.5 Å². The zero-order valence-electron chi connectivity index (χ0n) is 38.7. The largest absolute Gasteiger partial charge is 0.507 e. The van der Waals surface area contributed by atoms with Crippen molar-refractivity contribution in [3.63, 3.8) is 0 Å². The highest BCUT2D eigenvalue weighted by atomic mass is 16.7. The molecule has 2 fully saturated rings. The fraction of sp³-hybridized carbons (Fsp3) is 0.291. The van der Waals surface area contributed by atoms with E-state index in [1.165, 1.54) is 12.1 Å². The average Bonchev–Trinajstić information content (AvgIpc) is 3.40. The minimum Gasteiger partial charge on any atom is -0.507 e. The van der Waals surface area contributed by atoms with Gasteiger partial charge in [-0.15, -0.1) is 0 Å². The van der Waals surface area contributed by atoms with Gasteiger partial charge in [0.05, 0.1) is 19.3 Å². The quantitative estimate of drug-likeness (QED) is 0.0528. The number of phenols is 1. The number of hydrogen-bond donors (Lipinski definition) is 7. The lowest BCUT2D eigenvalue weighted by Gasteiger charge is -2.44. The van der Waals surface area contributed by atoms with Crippen LogP contribution in [0.5, 0.6) is 34.5 Å². The monoisotopic (exact) mass is 986 g/mol. The average molecular weight is 987 g/mol. The van der Waals surface area contributed by atoms with Gasteiger partial charge in [0, 0.05) is 24.1 Å². The van der Waals surface area contributed by atoms with E-state index in [4.69, 9.17) is 42.3 Å². The lowest BCUT2D eigenvalue weighted by atomic mass is 9.98. The molecule has 2 saturated heterocycles. The summed E-state index contributed by atoms with van der Waals surface area (Å²) in [5, 5.41) is 75.6. The fourth-order valence-corrected chi connectivity index (χ4v) is 8.38. The molecule has 17 nitrogen and oxygen atoms in total. The van der Waals surface area contributed by atoms with Crippen LogP contribution in [0.1, 0.15) is 28.7 Å². The molecule has 0 bridgehead atoms. The summed E-state index contributed by atoms with van der Waals surface area (Å²) in [4.78, 5) is 15.0. The Hall–Kier alpha value is -7.03. The number of rotatable bonds is 19. The minimum absolute atomic E-state index is 0.0705. The van der Waals surface area contributed by atoms with E-state index in [1.54, 1.807) is 12.1 Å². The maximum absolute atomic E-state index is 15.0. The lowest BCUT2D eigenvalue weighted by Crippen LogP contribution is -2.63. The molecule has 0 saturated carbocycles. The van der Waals surface area contributed by atoms with Crippen LogP contribution in [0.25, 0.3) is 22.3 Å². The first-order chi connectivity index (χ1) is 35.1. The van der Waals surface area contributed by atoms with Crippen molar-refractivity contribution < 1.29 is 78.1 Å². The summed E-state index contributed by atoms with van der Waals surface area (Å²) >= 11 is 0. The van der Waals surface area contributed by atoms with E-state index in [9.17, 15) is 40.5 Å². The smallest absolute Gasteiger partial charge is 0.239 e. The molecule has 2 aliphatic heterocycles. The first-order valence-corrected chi connectivity index (χ1v) is 23.3. The number of phenolic OH excluding ortho intramolecular Hbond substituents is 1. The Labute approximate surface area is 413 Å². The molecule has 9 rings (SSSR count). The van der Waals surface area contributed by atoms with Crippen molar-refractivity contribution in [1.29, 1.82) is 0 Å². The van der Waals surface area contributed by atoms with E-state index in [1.807, 2.05) is 121 Å². The Kier molecular flexibility index (Phi) is 16.0. The van der Waals surface area contributed by atoms with E-state index >= 15 is 0 Å². The minimum atomic E-state index is -2.01. The zero-order valence-corrected chi connectivity index (χ0v) is 38.7. The molecule has 2 aliphatic rings. The molecule has 0 spiro atoms. The van der Waals surface area contributed by atoms with Crippen LogP contribution in [0.15, 0.2) is 155 Å². The van der Waals surface area contributed by atoms with Gasteiger partial charge in [-0.1, -0.05) is 121 Å². The van der Waals surface area contributed by atoms with Crippen LogP contribution in [0, 0.1) is 0 Å². The van der Waals surface area contributed by atoms with Crippen molar-refractivity contribution in [1.82, 2.24) is 0 Å². The van der Waals surface area contributed by atoms with Crippen molar-refractivity contribution in [2.24, 2.45) is 0 Å². The molecule has 7 aromatic rings. The SMILES string of the molecule is O=c1c(O[C@@H]2O[C@H](CO)[C@@H](O[C@@H]3O[C@H](CO)[C@H](O)C[C@H]3O)[C@H](O)[C@H]2O)c(-c2cc(OCc3ccccc3)c(OCc3ccccc3)c(OCc3ccccc3)c2)oc2cc(OCc3ccccc3)cc(O)c12. The predicted molar refractivity (Wildman–Crippen MR) is 258 cm³/mol. The van der Waals surface area contributed by atoms with E-state index in [0.717, 1.165) is 22.3 Å². The molecule has 376 valence electrons. The summed E-state index contributed by atoms with van der Waals surface area (Å²) in [6.07, 6.45) is -14.4. The number of aliphatic hydroxyl groups is 6. The fourth-order valence-electron chi connectivity index (χ4n) is 8.38. The molecular formula is C55H54O17. The molecular weight excluding hydrogens is 933 g/mol. The van der Waals surface area contributed by atoms with Crippen LogP contribution in [-0.2, 0) is 40.6 Å². The van der Waals surface area contributed by atoms with Gasteiger partial charge in [0.2, 0.25) is 23.2 Å². The Morgan fingerprint density at radius 2 is 1.04 bits per heavy atom. The molecule has 17 heteroatoms.